The quantitative estimate of drug-likeness (QED) is 0.922. The zero-order valence-corrected chi connectivity index (χ0v) is 12.0. The first-order chi connectivity index (χ1) is 9.71. The molecular formula is C12H9F2NO4S2. The molecule has 2 aromatic rings. The molecule has 0 saturated carbocycles. The lowest BCUT2D eigenvalue weighted by molar-refractivity contribution is 0.572. The van der Waals surface area contributed by atoms with Crippen molar-refractivity contribution in [1.82, 2.24) is 4.13 Å². The van der Waals surface area contributed by atoms with Gasteiger partial charge in [0.25, 0.3) is 20.0 Å². The van der Waals surface area contributed by atoms with Crippen LogP contribution in [0.1, 0.15) is 0 Å². The van der Waals surface area contributed by atoms with Gasteiger partial charge in [0, 0.05) is 0 Å². The Balaban J connectivity index is 2.40. The molecule has 0 saturated heterocycles. The van der Waals surface area contributed by atoms with Gasteiger partial charge in [-0.15, -0.1) is 4.13 Å². The van der Waals surface area contributed by atoms with Gasteiger partial charge < -0.3 is 0 Å². The number of hydrogen-bond acceptors (Lipinski definition) is 4. The van der Waals surface area contributed by atoms with E-state index >= 15 is 0 Å². The van der Waals surface area contributed by atoms with Crippen LogP contribution in [0.3, 0.4) is 0 Å². The molecule has 5 nitrogen and oxygen atoms in total. The summed E-state index contributed by atoms with van der Waals surface area (Å²) in [5.74, 6) is -1.66. The lowest BCUT2D eigenvalue weighted by Crippen LogP contribution is -2.30. The van der Waals surface area contributed by atoms with E-state index in [2.05, 4.69) is 0 Å². The van der Waals surface area contributed by atoms with Gasteiger partial charge in [-0.25, -0.2) is 25.6 Å². The summed E-state index contributed by atoms with van der Waals surface area (Å²) in [5, 5.41) is 0. The molecule has 0 aromatic heterocycles. The molecule has 2 aromatic carbocycles. The molecule has 21 heavy (non-hydrogen) atoms. The average molecular weight is 333 g/mol. The van der Waals surface area contributed by atoms with E-state index in [4.69, 9.17) is 0 Å². The van der Waals surface area contributed by atoms with Crippen molar-refractivity contribution in [2.45, 2.75) is 9.79 Å². The van der Waals surface area contributed by atoms with Crippen molar-refractivity contribution in [2.75, 3.05) is 0 Å². The fourth-order valence-corrected chi connectivity index (χ4v) is 4.49. The van der Waals surface area contributed by atoms with Gasteiger partial charge in [-0.2, -0.15) is 0 Å². The SMILES string of the molecule is O=S(=O)(NS(=O)(=O)c1cccc(F)c1)c1cccc(F)c1. The van der Waals surface area contributed by atoms with Crippen LogP contribution in [0, 0.1) is 11.6 Å². The predicted octanol–water partition coefficient (Wildman–Crippen LogP) is 1.63. The van der Waals surface area contributed by atoms with Gasteiger partial charge in [0.1, 0.15) is 11.6 Å². The summed E-state index contributed by atoms with van der Waals surface area (Å²) < 4.78 is 75.1. The Morgan fingerprint density at radius 3 is 1.43 bits per heavy atom. The van der Waals surface area contributed by atoms with Crippen LogP contribution in [0.15, 0.2) is 58.3 Å². The third-order valence-electron chi connectivity index (χ3n) is 2.43. The molecule has 112 valence electrons. The highest BCUT2D eigenvalue weighted by Gasteiger charge is 2.25. The minimum atomic E-state index is -4.50. The number of hydrogen-bond donors (Lipinski definition) is 1. The minimum absolute atomic E-state index is 0.553. The Bertz CT molecular complexity index is 806. The molecule has 0 spiro atoms. The summed E-state index contributed by atoms with van der Waals surface area (Å²) in [6.07, 6.45) is 0. The molecule has 0 amide bonds. The molecule has 2 rings (SSSR count). The number of nitrogens with one attached hydrogen (secondary N) is 1. The summed E-state index contributed by atoms with van der Waals surface area (Å²) in [5.41, 5.74) is 0. The van der Waals surface area contributed by atoms with Crippen molar-refractivity contribution in [3.05, 3.63) is 60.2 Å². The van der Waals surface area contributed by atoms with Crippen LogP contribution in [0.5, 0.6) is 0 Å². The van der Waals surface area contributed by atoms with E-state index in [-0.39, 0.29) is 0 Å². The number of benzene rings is 2. The van der Waals surface area contributed by atoms with E-state index < -0.39 is 41.5 Å². The van der Waals surface area contributed by atoms with Gasteiger partial charge in [0.05, 0.1) is 9.79 Å². The van der Waals surface area contributed by atoms with Gasteiger partial charge in [0.2, 0.25) is 0 Å². The Morgan fingerprint density at radius 2 is 1.10 bits per heavy atom. The minimum Gasteiger partial charge on any atom is -0.207 e. The lowest BCUT2D eigenvalue weighted by atomic mass is 10.4. The summed E-state index contributed by atoms with van der Waals surface area (Å²) in [6.45, 7) is 0. The van der Waals surface area contributed by atoms with Crippen LogP contribution >= 0.6 is 0 Å². The fraction of sp³-hybridized carbons (Fsp3) is 0. The maximum Gasteiger partial charge on any atom is 0.253 e. The van der Waals surface area contributed by atoms with Gasteiger partial charge in [-0.3, -0.25) is 0 Å². The topological polar surface area (TPSA) is 80.3 Å². The van der Waals surface area contributed by atoms with Gasteiger partial charge in [-0.05, 0) is 36.4 Å². The maximum absolute atomic E-state index is 13.0. The first kappa shape index (κ1) is 15.5. The summed E-state index contributed by atoms with van der Waals surface area (Å²) in [6, 6.07) is 7.68. The first-order valence-electron chi connectivity index (χ1n) is 5.50. The second-order valence-electron chi connectivity index (χ2n) is 4.00. The molecule has 0 bridgehead atoms. The summed E-state index contributed by atoms with van der Waals surface area (Å²) in [4.78, 5) is -1.11. The Kier molecular flexibility index (Phi) is 4.08. The van der Waals surface area contributed by atoms with Crippen molar-refractivity contribution < 1.29 is 25.6 Å². The Labute approximate surface area is 120 Å². The van der Waals surface area contributed by atoms with Crippen molar-refractivity contribution in [2.24, 2.45) is 0 Å². The smallest absolute Gasteiger partial charge is 0.207 e. The lowest BCUT2D eigenvalue weighted by Gasteiger charge is -2.08. The van der Waals surface area contributed by atoms with Crippen LogP contribution in [-0.2, 0) is 20.0 Å². The van der Waals surface area contributed by atoms with E-state index in [9.17, 15) is 25.6 Å². The molecule has 0 radical (unpaired) electrons. The predicted molar refractivity (Wildman–Crippen MR) is 70.3 cm³/mol. The average Bonchev–Trinajstić information content (AvgIpc) is 2.37. The number of rotatable bonds is 4. The van der Waals surface area contributed by atoms with Crippen molar-refractivity contribution in [3.63, 3.8) is 0 Å². The molecule has 0 aliphatic carbocycles. The maximum atomic E-state index is 13.0. The van der Waals surface area contributed by atoms with E-state index in [1.54, 1.807) is 0 Å². The third kappa shape index (κ3) is 3.63. The fourth-order valence-electron chi connectivity index (χ4n) is 1.51. The Morgan fingerprint density at radius 1 is 0.714 bits per heavy atom. The van der Waals surface area contributed by atoms with E-state index in [1.165, 1.54) is 4.13 Å². The van der Waals surface area contributed by atoms with Crippen LogP contribution in [0.25, 0.3) is 0 Å². The molecule has 0 aliphatic heterocycles. The van der Waals surface area contributed by atoms with Crippen LogP contribution < -0.4 is 4.13 Å². The van der Waals surface area contributed by atoms with E-state index in [1.807, 2.05) is 0 Å². The second-order valence-corrected chi connectivity index (χ2v) is 7.63. The zero-order chi connectivity index (χ0) is 15.7. The Hall–Kier alpha value is -1.84. The van der Waals surface area contributed by atoms with Crippen molar-refractivity contribution >= 4 is 20.0 Å². The molecular weight excluding hydrogens is 324 g/mol. The van der Waals surface area contributed by atoms with Crippen LogP contribution in [-0.4, -0.2) is 16.8 Å². The molecule has 0 heterocycles. The van der Waals surface area contributed by atoms with Gasteiger partial charge in [0.15, 0.2) is 0 Å². The largest absolute Gasteiger partial charge is 0.253 e. The molecule has 0 fully saturated rings. The second kappa shape index (κ2) is 5.51. The number of sulfonamides is 2. The highest BCUT2D eigenvalue weighted by Crippen LogP contribution is 2.15. The van der Waals surface area contributed by atoms with Crippen LogP contribution in [0.2, 0.25) is 0 Å². The molecule has 0 atom stereocenters. The van der Waals surface area contributed by atoms with Gasteiger partial charge >= 0.3 is 0 Å². The normalized spacial score (nSPS) is 12.3. The molecule has 0 unspecified atom stereocenters. The summed E-state index contributed by atoms with van der Waals surface area (Å²) in [7, 11) is -9.00. The van der Waals surface area contributed by atoms with Crippen LogP contribution in [0.4, 0.5) is 8.78 Å². The monoisotopic (exact) mass is 333 g/mol. The molecule has 0 aliphatic rings. The molecule has 1 N–H and O–H groups in total. The van der Waals surface area contributed by atoms with Crippen molar-refractivity contribution in [1.29, 1.82) is 0 Å². The third-order valence-corrected chi connectivity index (χ3v) is 5.94. The first-order valence-corrected chi connectivity index (χ1v) is 8.47. The zero-order valence-electron chi connectivity index (χ0n) is 10.3. The van der Waals surface area contributed by atoms with Gasteiger partial charge in [-0.1, -0.05) is 12.1 Å². The highest BCUT2D eigenvalue weighted by molar-refractivity contribution is 8.04. The van der Waals surface area contributed by atoms with E-state index in [0.717, 1.165) is 36.4 Å². The molecule has 9 heteroatoms. The van der Waals surface area contributed by atoms with E-state index in [0.29, 0.717) is 12.1 Å². The highest BCUT2D eigenvalue weighted by atomic mass is 32.3. The van der Waals surface area contributed by atoms with Crippen molar-refractivity contribution in [3.8, 4) is 0 Å². The number of halogens is 2. The standard InChI is InChI=1S/C12H9F2NO4S2/c13-9-3-1-5-11(7-9)20(16,17)15-21(18,19)12-6-2-4-10(14)8-12/h1-8,15H. The summed E-state index contributed by atoms with van der Waals surface area (Å²) >= 11 is 0.